The molecule has 1 aliphatic heterocycles. The molecule has 1 aliphatic rings. The van der Waals surface area contributed by atoms with Gasteiger partial charge in [0.1, 0.15) is 17.0 Å². The number of halogens is 3. The molecule has 2 aromatic heterocycles. The average Bonchev–Trinajstić information content (AvgIpc) is 3.40. The van der Waals surface area contributed by atoms with Crippen LogP contribution in [0.15, 0.2) is 63.9 Å². The largest absolute Gasteiger partial charge is 0.494 e. The van der Waals surface area contributed by atoms with E-state index in [2.05, 4.69) is 9.97 Å². The van der Waals surface area contributed by atoms with E-state index in [-0.39, 0.29) is 41.1 Å². The number of nitrogens with zero attached hydrogens (tertiary/aromatic N) is 3. The topological polar surface area (TPSA) is 115 Å². The van der Waals surface area contributed by atoms with E-state index in [1.165, 1.54) is 19.2 Å². The van der Waals surface area contributed by atoms with Gasteiger partial charge in [-0.15, -0.1) is 11.8 Å². The first-order valence-electron chi connectivity index (χ1n) is 12.6. The SMILES string of the molecule is COc1ccc(-c2nc(C(=O)N3CCC(O)(CSc4ccccc4)CC3)c(CN)o2)c2ccc(C(F)(F)F)nc12. The van der Waals surface area contributed by atoms with Gasteiger partial charge in [-0.05, 0) is 49.2 Å². The van der Waals surface area contributed by atoms with Gasteiger partial charge in [0, 0.05) is 34.7 Å². The Hall–Kier alpha value is -3.61. The van der Waals surface area contributed by atoms with Crippen molar-refractivity contribution in [1.29, 1.82) is 0 Å². The van der Waals surface area contributed by atoms with Crippen molar-refractivity contribution in [1.82, 2.24) is 14.9 Å². The molecule has 210 valence electrons. The molecule has 3 N–H and O–H groups in total. The summed E-state index contributed by atoms with van der Waals surface area (Å²) in [5.41, 5.74) is 4.26. The van der Waals surface area contributed by atoms with Crippen LogP contribution in [0.25, 0.3) is 22.4 Å². The van der Waals surface area contributed by atoms with Crippen LogP contribution < -0.4 is 10.5 Å². The highest BCUT2D eigenvalue weighted by atomic mass is 32.2. The second-order valence-corrected chi connectivity index (χ2v) is 10.6. The van der Waals surface area contributed by atoms with Crippen LogP contribution in [-0.4, -0.2) is 57.4 Å². The average molecular weight is 573 g/mol. The Bertz CT molecular complexity index is 1520. The molecule has 0 spiro atoms. The van der Waals surface area contributed by atoms with E-state index < -0.39 is 17.5 Å². The van der Waals surface area contributed by atoms with Gasteiger partial charge in [-0.25, -0.2) is 9.97 Å². The third-order valence-electron chi connectivity index (χ3n) is 6.88. The third kappa shape index (κ3) is 5.65. The number of oxazole rings is 1. The van der Waals surface area contributed by atoms with Crippen LogP contribution >= 0.6 is 11.8 Å². The molecule has 1 saturated heterocycles. The Morgan fingerprint density at radius 3 is 2.50 bits per heavy atom. The van der Waals surface area contributed by atoms with Gasteiger partial charge in [0.05, 0.1) is 19.3 Å². The number of nitrogens with two attached hydrogens (primary N) is 1. The van der Waals surface area contributed by atoms with Gasteiger partial charge in [0.2, 0.25) is 5.89 Å². The number of methoxy groups -OCH3 is 1. The molecular weight excluding hydrogens is 545 g/mol. The van der Waals surface area contributed by atoms with Crippen molar-refractivity contribution in [2.75, 3.05) is 26.0 Å². The van der Waals surface area contributed by atoms with Crippen LogP contribution in [0.3, 0.4) is 0 Å². The fraction of sp³-hybridized carbons (Fsp3) is 0.321. The molecule has 0 saturated carbocycles. The van der Waals surface area contributed by atoms with Crippen molar-refractivity contribution in [3.63, 3.8) is 0 Å². The maximum atomic E-state index is 13.4. The summed E-state index contributed by atoms with van der Waals surface area (Å²) in [5.74, 6) is 0.465. The first-order chi connectivity index (χ1) is 19.1. The minimum absolute atomic E-state index is 0.0149. The van der Waals surface area contributed by atoms with Crippen molar-refractivity contribution in [2.45, 2.75) is 36.1 Å². The number of aromatic nitrogens is 2. The number of carbonyl (C=O) groups is 1. The van der Waals surface area contributed by atoms with Gasteiger partial charge in [-0.1, -0.05) is 18.2 Å². The maximum Gasteiger partial charge on any atom is 0.433 e. The van der Waals surface area contributed by atoms with Crippen molar-refractivity contribution < 1.29 is 32.2 Å². The molecule has 0 unspecified atom stereocenters. The van der Waals surface area contributed by atoms with Gasteiger partial charge >= 0.3 is 6.18 Å². The summed E-state index contributed by atoms with van der Waals surface area (Å²) in [4.78, 5) is 24.3. The van der Waals surface area contributed by atoms with E-state index in [1.807, 2.05) is 30.3 Å². The second-order valence-electron chi connectivity index (χ2n) is 9.52. The molecule has 1 amide bonds. The molecule has 0 aliphatic carbocycles. The molecule has 0 bridgehead atoms. The normalized spacial score (nSPS) is 15.4. The number of thioether (sulfide) groups is 1. The standard InChI is InChI=1S/C28H27F3N4O4S/c1-38-20-9-7-19(18-8-10-22(28(29,30)31)33-23(18)20)25-34-24(21(15-32)39-25)26(36)35-13-11-27(37,12-14-35)16-40-17-5-3-2-4-6-17/h2-10,37H,11-16,32H2,1H3. The monoisotopic (exact) mass is 572 g/mol. The number of amides is 1. The van der Waals surface area contributed by atoms with Gasteiger partial charge < -0.3 is 24.9 Å². The summed E-state index contributed by atoms with van der Waals surface area (Å²) in [6, 6.07) is 15.0. The van der Waals surface area contributed by atoms with Crippen LogP contribution in [0.2, 0.25) is 0 Å². The first kappa shape index (κ1) is 27.9. The molecule has 1 fully saturated rings. The minimum Gasteiger partial charge on any atom is -0.494 e. The number of piperidine rings is 1. The molecule has 4 aromatic rings. The maximum absolute atomic E-state index is 13.4. The van der Waals surface area contributed by atoms with Crippen molar-refractivity contribution in [2.24, 2.45) is 5.73 Å². The number of ether oxygens (including phenoxy) is 1. The molecule has 0 atom stereocenters. The number of hydrogen-bond acceptors (Lipinski definition) is 8. The lowest BCUT2D eigenvalue weighted by atomic mass is 9.93. The number of likely N-dealkylation sites (tertiary alicyclic amines) is 1. The first-order valence-corrected chi connectivity index (χ1v) is 13.5. The van der Waals surface area contributed by atoms with Crippen LogP contribution in [0.4, 0.5) is 13.2 Å². The summed E-state index contributed by atoms with van der Waals surface area (Å²) < 4.78 is 51.0. The van der Waals surface area contributed by atoms with E-state index >= 15 is 0 Å². The van der Waals surface area contributed by atoms with E-state index in [4.69, 9.17) is 14.9 Å². The molecule has 0 radical (unpaired) electrons. The summed E-state index contributed by atoms with van der Waals surface area (Å²) in [7, 11) is 1.34. The number of pyridine rings is 1. The van der Waals surface area contributed by atoms with Gasteiger partial charge in [-0.2, -0.15) is 13.2 Å². The highest BCUT2D eigenvalue weighted by molar-refractivity contribution is 7.99. The fourth-order valence-corrected chi connectivity index (χ4v) is 5.70. The lowest BCUT2D eigenvalue weighted by Gasteiger charge is -2.37. The van der Waals surface area contributed by atoms with Gasteiger partial charge in [0.15, 0.2) is 11.5 Å². The lowest BCUT2D eigenvalue weighted by Crippen LogP contribution is -2.48. The minimum atomic E-state index is -4.63. The van der Waals surface area contributed by atoms with Crippen LogP contribution in [0, 0.1) is 0 Å². The summed E-state index contributed by atoms with van der Waals surface area (Å²) >= 11 is 1.57. The zero-order valence-electron chi connectivity index (χ0n) is 21.6. The van der Waals surface area contributed by atoms with E-state index in [0.717, 1.165) is 11.0 Å². The predicted molar refractivity (Wildman–Crippen MR) is 144 cm³/mol. The Kier molecular flexibility index (Phi) is 7.76. The van der Waals surface area contributed by atoms with Crippen LogP contribution in [0.1, 0.15) is 34.8 Å². The number of rotatable bonds is 7. The molecule has 2 aromatic carbocycles. The number of hydrogen-bond donors (Lipinski definition) is 2. The third-order valence-corrected chi connectivity index (χ3v) is 8.17. The Morgan fingerprint density at radius 2 is 1.85 bits per heavy atom. The number of carbonyl (C=O) groups excluding carboxylic acids is 1. The van der Waals surface area contributed by atoms with Gasteiger partial charge in [-0.3, -0.25) is 4.79 Å². The summed E-state index contributed by atoms with van der Waals surface area (Å²) in [6.45, 7) is 0.545. The zero-order valence-corrected chi connectivity index (χ0v) is 22.4. The number of fused-ring (bicyclic) bond motifs is 1. The highest BCUT2D eigenvalue weighted by Gasteiger charge is 2.36. The van der Waals surface area contributed by atoms with Gasteiger partial charge in [0.25, 0.3) is 5.91 Å². The smallest absolute Gasteiger partial charge is 0.433 e. The zero-order chi connectivity index (χ0) is 28.5. The number of alkyl halides is 3. The molecular formula is C28H27F3N4O4S. The Morgan fingerprint density at radius 1 is 1.12 bits per heavy atom. The van der Waals surface area contributed by atoms with Crippen molar-refractivity contribution in [3.8, 4) is 17.2 Å². The van der Waals surface area contributed by atoms with E-state index in [9.17, 15) is 23.1 Å². The van der Waals surface area contributed by atoms with Crippen molar-refractivity contribution >= 4 is 28.6 Å². The number of aliphatic hydroxyl groups is 1. The second kappa shape index (κ2) is 11.1. The quantitative estimate of drug-likeness (QED) is 0.293. The lowest BCUT2D eigenvalue weighted by molar-refractivity contribution is -0.140. The molecule has 40 heavy (non-hydrogen) atoms. The summed E-state index contributed by atoms with van der Waals surface area (Å²) in [5, 5.41) is 11.4. The molecule has 3 heterocycles. The predicted octanol–water partition coefficient (Wildman–Crippen LogP) is 5.14. The van der Waals surface area contributed by atoms with E-state index in [1.54, 1.807) is 22.7 Å². The Balaban J connectivity index is 1.37. The van der Waals surface area contributed by atoms with Crippen LogP contribution in [0.5, 0.6) is 5.75 Å². The summed E-state index contributed by atoms with van der Waals surface area (Å²) in [6.07, 6.45) is -3.83. The van der Waals surface area contributed by atoms with Crippen LogP contribution in [-0.2, 0) is 12.7 Å². The molecule has 5 rings (SSSR count). The number of benzene rings is 2. The van der Waals surface area contributed by atoms with E-state index in [0.29, 0.717) is 42.6 Å². The Labute approximate surface area is 232 Å². The highest BCUT2D eigenvalue weighted by Crippen LogP contribution is 2.37. The fourth-order valence-electron chi connectivity index (χ4n) is 4.63. The molecule has 12 heteroatoms. The molecule has 8 nitrogen and oxygen atoms in total. The van der Waals surface area contributed by atoms with Crippen molar-refractivity contribution in [3.05, 3.63) is 71.7 Å².